The fourth-order valence-electron chi connectivity index (χ4n) is 5.34. The van der Waals surface area contributed by atoms with Gasteiger partial charge in [-0.1, -0.05) is 42.5 Å². The number of amides is 2. The molecule has 0 aliphatic carbocycles. The second kappa shape index (κ2) is 12.1. The number of aromatic nitrogens is 2. The summed E-state index contributed by atoms with van der Waals surface area (Å²) in [5.41, 5.74) is 5.53. The zero-order valence-corrected chi connectivity index (χ0v) is 25.2. The van der Waals surface area contributed by atoms with Crippen LogP contribution in [-0.4, -0.2) is 44.1 Å². The normalized spacial score (nSPS) is 11.4. The Balaban J connectivity index is 1.12. The number of carbonyl (C=O) groups is 2. The van der Waals surface area contributed by atoms with Crippen LogP contribution in [0.4, 0.5) is 22.0 Å². The van der Waals surface area contributed by atoms with Gasteiger partial charge in [0, 0.05) is 51.4 Å². The Morgan fingerprint density at radius 1 is 0.844 bits per heavy atom. The largest absolute Gasteiger partial charge is 0.465 e. The lowest BCUT2D eigenvalue weighted by Crippen LogP contribution is -2.45. The van der Waals surface area contributed by atoms with Gasteiger partial charge >= 0.3 is 6.09 Å². The smallest absolute Gasteiger partial charge is 0.407 e. The highest BCUT2D eigenvalue weighted by Gasteiger charge is 2.25. The van der Waals surface area contributed by atoms with Crippen LogP contribution in [-0.2, 0) is 6.42 Å². The van der Waals surface area contributed by atoms with Crippen molar-refractivity contribution in [1.82, 2.24) is 14.9 Å². The number of nitrogens with zero attached hydrogens (tertiary/aromatic N) is 3. The molecule has 0 saturated heterocycles. The molecule has 6 aromatic rings. The van der Waals surface area contributed by atoms with Gasteiger partial charge in [0.1, 0.15) is 23.3 Å². The molecule has 45 heavy (non-hydrogen) atoms. The molecule has 2 amide bonds. The Hall–Kier alpha value is -5.70. The Labute approximate surface area is 260 Å². The van der Waals surface area contributed by atoms with Crippen LogP contribution >= 0.6 is 0 Å². The summed E-state index contributed by atoms with van der Waals surface area (Å²) in [5, 5.41) is 17.9. The molecule has 4 aromatic carbocycles. The molecule has 0 unspecified atom stereocenters. The van der Waals surface area contributed by atoms with Crippen LogP contribution in [0.3, 0.4) is 0 Å². The van der Waals surface area contributed by atoms with Crippen molar-refractivity contribution in [2.45, 2.75) is 32.7 Å². The maximum Gasteiger partial charge on any atom is 0.407 e. The van der Waals surface area contributed by atoms with Crippen LogP contribution in [0.25, 0.3) is 33.2 Å². The van der Waals surface area contributed by atoms with Crippen LogP contribution < -0.4 is 10.6 Å². The molecule has 6 rings (SSSR count). The second-order valence-corrected chi connectivity index (χ2v) is 11.8. The van der Waals surface area contributed by atoms with Gasteiger partial charge < -0.3 is 25.1 Å². The molecule has 9 heteroatoms. The first-order chi connectivity index (χ1) is 21.7. The molecule has 0 spiro atoms. The van der Waals surface area contributed by atoms with Gasteiger partial charge in [-0.25, -0.2) is 14.8 Å². The fraction of sp³-hybridized carbons (Fsp3) is 0.167. The summed E-state index contributed by atoms with van der Waals surface area (Å²) in [5.74, 6) is 0.373. The van der Waals surface area contributed by atoms with Crippen LogP contribution in [0.5, 0.6) is 0 Å². The number of nitrogens with one attached hydrogen (secondary N) is 2. The molecule has 0 atom stereocenters. The highest BCUT2D eigenvalue weighted by molar-refractivity contribution is 6.09. The molecule has 3 N–H and O–H groups in total. The van der Waals surface area contributed by atoms with E-state index in [-0.39, 0.29) is 5.91 Å². The number of hydrogen-bond acceptors (Lipinski definition) is 6. The van der Waals surface area contributed by atoms with Crippen molar-refractivity contribution < 1.29 is 19.1 Å². The summed E-state index contributed by atoms with van der Waals surface area (Å²) in [6, 6.07) is 30.5. The molecule has 0 saturated carbocycles. The molecule has 0 bridgehead atoms. The molecule has 0 aliphatic rings. The van der Waals surface area contributed by atoms with Gasteiger partial charge in [-0.15, -0.1) is 0 Å². The van der Waals surface area contributed by atoms with E-state index in [4.69, 9.17) is 4.42 Å². The highest BCUT2D eigenvalue weighted by atomic mass is 16.4. The maximum atomic E-state index is 13.0. The summed E-state index contributed by atoms with van der Waals surface area (Å²) < 4.78 is 6.18. The molecular formula is C36H33N5O4. The topological polar surface area (TPSA) is 121 Å². The summed E-state index contributed by atoms with van der Waals surface area (Å²) in [6.45, 7) is 5.92. The number of para-hydroxylation sites is 2. The van der Waals surface area contributed by atoms with E-state index in [2.05, 4.69) is 20.6 Å². The molecule has 9 nitrogen and oxygen atoms in total. The van der Waals surface area contributed by atoms with Gasteiger partial charge in [-0.2, -0.15) is 0 Å². The summed E-state index contributed by atoms with van der Waals surface area (Å²) in [6.07, 6.45) is 1.06. The predicted octanol–water partition coefficient (Wildman–Crippen LogP) is 8.36. The van der Waals surface area contributed by atoms with Crippen molar-refractivity contribution in [3.63, 3.8) is 0 Å². The van der Waals surface area contributed by atoms with Gasteiger partial charge in [0.15, 0.2) is 0 Å². The van der Waals surface area contributed by atoms with Crippen molar-refractivity contribution in [2.24, 2.45) is 0 Å². The number of rotatable bonds is 8. The number of furan rings is 1. The van der Waals surface area contributed by atoms with Crippen LogP contribution in [0.15, 0.2) is 108 Å². The van der Waals surface area contributed by atoms with Gasteiger partial charge in [-0.05, 0) is 81.3 Å². The van der Waals surface area contributed by atoms with Crippen LogP contribution in [0.1, 0.15) is 36.7 Å². The molecule has 2 aromatic heterocycles. The van der Waals surface area contributed by atoms with E-state index in [0.717, 1.165) is 44.4 Å². The van der Waals surface area contributed by atoms with Crippen LogP contribution in [0.2, 0.25) is 0 Å². The lowest BCUT2D eigenvalue weighted by Gasteiger charge is -2.33. The number of anilines is 3. The number of fused-ring (bicyclic) bond motifs is 3. The van der Waals surface area contributed by atoms with Crippen LogP contribution in [0, 0.1) is 0 Å². The number of carbonyl (C=O) groups excluding carboxylic acids is 1. The van der Waals surface area contributed by atoms with E-state index >= 15 is 0 Å². The third-order valence-electron chi connectivity index (χ3n) is 7.62. The SMILES string of the molecule is CC(C)(C)N(CCc1cccc(C(=O)Nc2ccc(Nc3cc(-c4cccc5c4oc4ccccc45)ncn3)cc2)c1)C(=O)O. The molecule has 0 fully saturated rings. The lowest BCUT2D eigenvalue weighted by molar-refractivity contribution is 0.100. The molecule has 226 valence electrons. The second-order valence-electron chi connectivity index (χ2n) is 11.8. The van der Waals surface area contributed by atoms with Crippen molar-refractivity contribution in [3.8, 4) is 11.3 Å². The van der Waals surface area contributed by atoms with E-state index in [1.54, 1.807) is 12.1 Å². The molecule has 2 heterocycles. The van der Waals surface area contributed by atoms with Crippen molar-refractivity contribution >= 4 is 51.1 Å². The Bertz CT molecular complexity index is 2010. The van der Waals surface area contributed by atoms with Gasteiger partial charge in [0.05, 0.1) is 5.69 Å². The number of benzene rings is 4. The van der Waals surface area contributed by atoms with E-state index in [1.807, 2.05) is 106 Å². The first-order valence-corrected chi connectivity index (χ1v) is 14.7. The van der Waals surface area contributed by atoms with Gasteiger partial charge in [0.25, 0.3) is 5.91 Å². The molecule has 0 aliphatic heterocycles. The predicted molar refractivity (Wildman–Crippen MR) is 177 cm³/mol. The Kier molecular flexibility index (Phi) is 7.91. The van der Waals surface area contributed by atoms with Crippen molar-refractivity contribution in [1.29, 1.82) is 0 Å². The number of carboxylic acid groups (broad SMARTS) is 1. The number of hydrogen-bond donors (Lipinski definition) is 3. The highest BCUT2D eigenvalue weighted by Crippen LogP contribution is 2.35. The zero-order chi connectivity index (χ0) is 31.6. The molecular weight excluding hydrogens is 566 g/mol. The van der Waals surface area contributed by atoms with Crippen molar-refractivity contribution in [3.05, 3.63) is 115 Å². The first kappa shape index (κ1) is 29.4. The minimum Gasteiger partial charge on any atom is -0.465 e. The van der Waals surface area contributed by atoms with Gasteiger partial charge in [0.2, 0.25) is 0 Å². The van der Waals surface area contributed by atoms with E-state index in [9.17, 15) is 14.7 Å². The van der Waals surface area contributed by atoms with Crippen molar-refractivity contribution in [2.75, 3.05) is 17.2 Å². The molecule has 0 radical (unpaired) electrons. The summed E-state index contributed by atoms with van der Waals surface area (Å²) >= 11 is 0. The van der Waals surface area contributed by atoms with Gasteiger partial charge in [-0.3, -0.25) is 4.79 Å². The summed E-state index contributed by atoms with van der Waals surface area (Å²) in [7, 11) is 0. The first-order valence-electron chi connectivity index (χ1n) is 14.7. The Morgan fingerprint density at radius 2 is 1.58 bits per heavy atom. The third-order valence-corrected chi connectivity index (χ3v) is 7.62. The summed E-state index contributed by atoms with van der Waals surface area (Å²) in [4.78, 5) is 35.0. The van der Waals surface area contributed by atoms with E-state index in [1.165, 1.54) is 11.2 Å². The lowest BCUT2D eigenvalue weighted by atomic mass is 10.0. The maximum absolute atomic E-state index is 13.0. The van der Waals surface area contributed by atoms with E-state index < -0.39 is 11.6 Å². The third kappa shape index (κ3) is 6.47. The fourth-order valence-corrected chi connectivity index (χ4v) is 5.34. The Morgan fingerprint density at radius 3 is 2.36 bits per heavy atom. The van der Waals surface area contributed by atoms with E-state index in [0.29, 0.717) is 30.0 Å². The standard InChI is InChI=1S/C36H33N5O4/c1-36(2,3)41(35(43)44)19-18-23-8-6-9-24(20-23)34(42)40-26-16-14-25(15-17-26)39-32-21-30(37-22-38-32)29-12-7-11-28-27-10-4-5-13-31(27)45-33(28)29/h4-17,20-22H,18-19H2,1-3H3,(H,40,42)(H,43,44)(H,37,38,39). The monoisotopic (exact) mass is 599 g/mol. The minimum atomic E-state index is -0.963. The zero-order valence-electron chi connectivity index (χ0n) is 25.2. The minimum absolute atomic E-state index is 0.247. The average molecular weight is 600 g/mol. The average Bonchev–Trinajstić information content (AvgIpc) is 3.40. The quantitative estimate of drug-likeness (QED) is 0.161.